The van der Waals surface area contributed by atoms with E-state index in [-0.39, 0.29) is 31.9 Å². The molecule has 14 nitrogen and oxygen atoms in total. The highest BCUT2D eigenvalue weighted by atomic mass is 35.5. The number of benzene rings is 8. The van der Waals surface area contributed by atoms with Crippen molar-refractivity contribution in [3.8, 4) is 55.9 Å². The van der Waals surface area contributed by atoms with Gasteiger partial charge >= 0.3 is 11.4 Å². The van der Waals surface area contributed by atoms with E-state index in [2.05, 4.69) is 0 Å². The fraction of sp³-hybridized carbons (Fsp3) is 0.182. The van der Waals surface area contributed by atoms with E-state index in [9.17, 15) is 47.8 Å². The largest absolute Gasteiger partial charge is 0.386 e. The van der Waals surface area contributed by atoms with Gasteiger partial charge in [0.05, 0.1) is 44.4 Å². The van der Waals surface area contributed by atoms with Crippen LogP contribution in [-0.4, -0.2) is 40.3 Å². The van der Waals surface area contributed by atoms with Crippen LogP contribution in [0.15, 0.2) is 141 Å². The van der Waals surface area contributed by atoms with Gasteiger partial charge in [-0.3, -0.25) is 28.3 Å². The average Bonchev–Trinajstić information content (AvgIpc) is 2.17. The second-order valence-corrected chi connectivity index (χ2v) is 23.2. The molecular formula is C66H54Cl2F2N6O8. The summed E-state index contributed by atoms with van der Waals surface area (Å²) in [4.78, 5) is 79.1. The minimum atomic E-state index is -1.07. The first kappa shape index (κ1) is 56.8. The summed E-state index contributed by atoms with van der Waals surface area (Å²) in [5.41, 5.74) is 19.4. The molecule has 0 spiro atoms. The zero-order valence-corrected chi connectivity index (χ0v) is 48.3. The van der Waals surface area contributed by atoms with Crippen LogP contribution in [0.2, 0.25) is 10.0 Å². The van der Waals surface area contributed by atoms with Crippen LogP contribution in [0.3, 0.4) is 0 Å². The lowest BCUT2D eigenvalue weighted by molar-refractivity contribution is 0.0780. The minimum absolute atomic E-state index is 0.0671. The first-order chi connectivity index (χ1) is 39.6. The number of para-hydroxylation sites is 2. The molecule has 0 unspecified atom stereocenters. The minimum Gasteiger partial charge on any atom is -0.386 e. The van der Waals surface area contributed by atoms with Gasteiger partial charge in [0.1, 0.15) is 11.6 Å². The number of aryl methyl sites for hydroxylation is 2. The number of carbonyl (C=O) groups is 2. The summed E-state index contributed by atoms with van der Waals surface area (Å²) in [6.07, 6.45) is 0.817. The molecule has 0 saturated heterocycles. The Bertz CT molecular complexity index is 4550. The summed E-state index contributed by atoms with van der Waals surface area (Å²) >= 11 is 13.8. The van der Waals surface area contributed by atoms with Gasteiger partial charge in [-0.05, 0) is 181 Å². The van der Waals surface area contributed by atoms with Gasteiger partial charge in [0.15, 0.2) is 0 Å². The number of nitrogens with zero attached hydrogens (tertiary/aromatic N) is 4. The predicted molar refractivity (Wildman–Crippen MR) is 324 cm³/mol. The number of halogens is 4. The van der Waals surface area contributed by atoms with E-state index in [0.717, 1.165) is 62.8 Å². The lowest BCUT2D eigenvalue weighted by Gasteiger charge is -2.20. The summed E-state index contributed by atoms with van der Waals surface area (Å²) in [5, 5.41) is 21.9. The fourth-order valence-electron chi connectivity index (χ4n) is 12.1. The standard InChI is InChI=1S/2C33H27ClFN3O4/c2*1-16-19(7-6-10-26(16)38-31(40)21-8-5-9-25(35)29(21)37(4)32(38)41)28-24(34)15-23(30(36)39)22-14-17-13-18(33(2,3)42)11-12-20(17)27(22)28/h2*5-13,15,42H,14H2,1-4H3,(H2,36,39). The van der Waals surface area contributed by atoms with Gasteiger partial charge in [0, 0.05) is 46.4 Å². The molecular weight excluding hydrogens is 1110 g/mol. The zero-order chi connectivity index (χ0) is 60.5. The van der Waals surface area contributed by atoms with E-state index in [1.54, 1.807) is 77.9 Å². The topological polar surface area (TPSA) is 215 Å². The van der Waals surface area contributed by atoms with Gasteiger partial charge in [-0.25, -0.2) is 27.5 Å². The maximum Gasteiger partial charge on any atom is 0.335 e. The van der Waals surface area contributed by atoms with Crippen LogP contribution in [0, 0.1) is 25.5 Å². The monoisotopic (exact) mass is 1170 g/mol. The lowest BCUT2D eigenvalue weighted by Crippen LogP contribution is -2.38. The van der Waals surface area contributed by atoms with Crippen molar-refractivity contribution in [1.82, 2.24) is 18.3 Å². The number of amides is 2. The second kappa shape index (κ2) is 20.4. The van der Waals surface area contributed by atoms with Crippen LogP contribution in [0.4, 0.5) is 8.78 Å². The Morgan fingerprint density at radius 1 is 0.512 bits per heavy atom. The smallest absolute Gasteiger partial charge is 0.335 e. The number of aliphatic hydroxyl groups is 2. The number of hydrogen-bond acceptors (Lipinski definition) is 8. The molecule has 0 saturated carbocycles. The van der Waals surface area contributed by atoms with Crippen molar-refractivity contribution in [2.24, 2.45) is 25.6 Å². The fourth-order valence-corrected chi connectivity index (χ4v) is 12.7. The quantitative estimate of drug-likeness (QED) is 0.115. The third kappa shape index (κ3) is 8.99. The molecule has 0 aliphatic heterocycles. The van der Waals surface area contributed by atoms with E-state index in [1.807, 2.05) is 48.5 Å². The van der Waals surface area contributed by atoms with Gasteiger partial charge in [-0.1, -0.05) is 96.0 Å². The van der Waals surface area contributed by atoms with Crippen LogP contribution in [0.5, 0.6) is 0 Å². The van der Waals surface area contributed by atoms with Crippen LogP contribution >= 0.6 is 23.2 Å². The Morgan fingerprint density at radius 2 is 0.869 bits per heavy atom. The van der Waals surface area contributed by atoms with Gasteiger partial charge in [-0.2, -0.15) is 0 Å². The molecule has 2 aliphatic carbocycles. The Morgan fingerprint density at radius 3 is 1.21 bits per heavy atom. The normalized spacial score (nSPS) is 12.5. The third-order valence-electron chi connectivity index (χ3n) is 16.3. The Labute approximate surface area is 488 Å². The summed E-state index contributed by atoms with van der Waals surface area (Å²) in [7, 11) is 2.85. The molecule has 2 amide bonds. The predicted octanol–water partition coefficient (Wildman–Crippen LogP) is 10.7. The summed E-state index contributed by atoms with van der Waals surface area (Å²) in [6.45, 7) is 10.4. The molecule has 0 bridgehead atoms. The molecule has 0 radical (unpaired) electrons. The Hall–Kier alpha value is -9.06. The number of fused-ring (bicyclic) bond motifs is 8. The molecule has 424 valence electrons. The summed E-state index contributed by atoms with van der Waals surface area (Å²) < 4.78 is 33.5. The highest BCUT2D eigenvalue weighted by Crippen LogP contribution is 2.51. The molecule has 2 aromatic heterocycles. The van der Waals surface area contributed by atoms with E-state index in [1.165, 1.54) is 50.5 Å². The average molecular weight is 1170 g/mol. The van der Waals surface area contributed by atoms with E-state index in [4.69, 9.17) is 34.7 Å². The molecule has 0 atom stereocenters. The van der Waals surface area contributed by atoms with Gasteiger partial charge in [0.25, 0.3) is 11.1 Å². The van der Waals surface area contributed by atoms with E-state index >= 15 is 0 Å². The Kier molecular flexibility index (Phi) is 13.8. The van der Waals surface area contributed by atoms with Crippen molar-refractivity contribution in [2.45, 2.75) is 65.6 Å². The molecule has 18 heteroatoms. The first-order valence-corrected chi connectivity index (χ1v) is 27.4. The maximum atomic E-state index is 14.6. The van der Waals surface area contributed by atoms with Crippen molar-refractivity contribution in [2.75, 3.05) is 0 Å². The second-order valence-electron chi connectivity index (χ2n) is 22.3. The lowest BCUT2D eigenvalue weighted by atomic mass is 9.88. The molecule has 10 aromatic rings. The molecule has 8 aromatic carbocycles. The number of primary amides is 2. The molecule has 12 rings (SSSR count). The molecule has 2 heterocycles. The molecule has 84 heavy (non-hydrogen) atoms. The van der Waals surface area contributed by atoms with E-state index in [0.29, 0.717) is 79.9 Å². The van der Waals surface area contributed by atoms with Crippen molar-refractivity contribution in [3.63, 3.8) is 0 Å². The molecule has 6 N–H and O–H groups in total. The Balaban J connectivity index is 0.000000175. The van der Waals surface area contributed by atoms with Crippen LogP contribution in [0.25, 0.3) is 77.7 Å². The van der Waals surface area contributed by atoms with Crippen LogP contribution in [-0.2, 0) is 38.1 Å². The third-order valence-corrected chi connectivity index (χ3v) is 16.9. The van der Waals surface area contributed by atoms with Gasteiger partial charge in [-0.15, -0.1) is 0 Å². The number of rotatable bonds is 8. The summed E-state index contributed by atoms with van der Waals surface area (Å²) in [5.74, 6) is -2.55. The zero-order valence-electron chi connectivity index (χ0n) is 46.8. The summed E-state index contributed by atoms with van der Waals surface area (Å²) in [6, 6.07) is 33.1. The first-order valence-electron chi connectivity index (χ1n) is 26.7. The van der Waals surface area contributed by atoms with Crippen molar-refractivity contribution in [3.05, 3.63) is 240 Å². The SMILES string of the molecule is Cc1c(-c2c(Cl)cc(C(N)=O)c3c2-c2ccc(C(C)(C)O)cc2C3)cccc1-n1c(=O)c2cccc(F)c2n(C)c1=O.Cc1c(-c2c(Cl)cc(C(N)=O)c3c2-c2ccc(C(C)(C)O)cc2C3)cccc1-n1c(=O)c2cccc(F)c2n(C)c1=O. The van der Waals surface area contributed by atoms with E-state index < -0.39 is 57.1 Å². The number of carbonyl (C=O) groups excluding carboxylic acids is 2. The van der Waals surface area contributed by atoms with Gasteiger partial charge < -0.3 is 21.7 Å². The van der Waals surface area contributed by atoms with Crippen LogP contribution < -0.4 is 34.0 Å². The number of hydrogen-bond donors (Lipinski definition) is 4. The van der Waals surface area contributed by atoms with Gasteiger partial charge in [0.2, 0.25) is 11.8 Å². The highest BCUT2D eigenvalue weighted by Gasteiger charge is 2.34. The van der Waals surface area contributed by atoms with Crippen LogP contribution in [0.1, 0.15) is 92.9 Å². The number of aromatic nitrogens is 4. The highest BCUT2D eigenvalue weighted by molar-refractivity contribution is 6.35. The van der Waals surface area contributed by atoms with Crippen molar-refractivity contribution >= 4 is 56.8 Å². The molecule has 2 aliphatic rings. The maximum absolute atomic E-state index is 14.6. The van der Waals surface area contributed by atoms with Crippen molar-refractivity contribution in [1.29, 1.82) is 0 Å². The number of nitrogens with two attached hydrogens (primary N) is 2. The van der Waals surface area contributed by atoms with Crippen molar-refractivity contribution < 1.29 is 28.6 Å². The molecule has 0 fully saturated rings.